The van der Waals surface area contributed by atoms with E-state index in [0.717, 1.165) is 16.7 Å². The Morgan fingerprint density at radius 1 is 0.368 bits per heavy atom. The van der Waals surface area contributed by atoms with Gasteiger partial charge < -0.3 is 64.4 Å². The number of anilines is 3. The summed E-state index contributed by atoms with van der Waals surface area (Å²) in [5, 5.41) is 47.0. The summed E-state index contributed by atoms with van der Waals surface area (Å²) in [6.45, 7) is 1.26. The number of carbonyl (C=O) groups excluding carboxylic acids is 6. The molecule has 0 saturated heterocycles. The van der Waals surface area contributed by atoms with Gasteiger partial charge in [-0.2, -0.15) is 0 Å². The summed E-state index contributed by atoms with van der Waals surface area (Å²) in [5.41, 5.74) is 21.6. The van der Waals surface area contributed by atoms with Crippen LogP contribution in [0.1, 0.15) is 111 Å². The average Bonchev–Trinajstić information content (AvgIpc) is 3.41. The molecule has 0 radical (unpaired) electrons. The van der Waals surface area contributed by atoms with Gasteiger partial charge in [-0.1, -0.05) is 54.6 Å². The molecule has 18 nitrogen and oxygen atoms in total. The third-order valence-corrected chi connectivity index (χ3v) is 12.6. The van der Waals surface area contributed by atoms with Crippen LogP contribution in [0.15, 0.2) is 146 Å². The van der Waals surface area contributed by atoms with Crippen LogP contribution in [-0.4, -0.2) is 88.5 Å². The zero-order chi connectivity index (χ0) is 54.4. The summed E-state index contributed by atoms with van der Waals surface area (Å²) < 4.78 is 0. The summed E-state index contributed by atoms with van der Waals surface area (Å²) in [6, 6.07) is 36.6. The monoisotopic (exact) mass is 1030 g/mol. The molecule has 6 rings (SSSR count). The summed E-state index contributed by atoms with van der Waals surface area (Å²) in [4.78, 5) is 80.8. The van der Waals surface area contributed by atoms with Gasteiger partial charge in [-0.3, -0.25) is 28.8 Å². The van der Waals surface area contributed by atoms with Gasteiger partial charge in [0.25, 0.3) is 17.7 Å². The zero-order valence-corrected chi connectivity index (χ0v) is 42.2. The van der Waals surface area contributed by atoms with Gasteiger partial charge in [0.15, 0.2) is 0 Å². The number of phenols is 3. The second-order valence-electron chi connectivity index (χ2n) is 18.3. The second kappa shape index (κ2) is 28.8. The predicted molar refractivity (Wildman–Crippen MR) is 293 cm³/mol. The van der Waals surface area contributed by atoms with Gasteiger partial charge in [0.05, 0.1) is 0 Å². The van der Waals surface area contributed by atoms with Crippen LogP contribution in [0.3, 0.4) is 0 Å². The molecule has 0 fully saturated rings. The van der Waals surface area contributed by atoms with E-state index in [1.807, 2.05) is 36.4 Å². The Morgan fingerprint density at radius 2 is 0.632 bits per heavy atom. The normalized spacial score (nSPS) is 12.2. The van der Waals surface area contributed by atoms with Crippen LogP contribution in [0, 0.1) is 0 Å². The fraction of sp³-hybridized carbons (Fsp3) is 0.276. The SMILES string of the molecule is NCCCC[C@H](NC(=O)c1cccc(O)c1)C(=O)Nc1ccc(C(c2ccc(NC(=O)[C@@H](CCCCN)NC(=O)c3cccc(O)c3)cc2)c2ccc(NC(=O)[C@@H](CCCCN)NC(=O)c3cccc(O)c3)cc2)cc1. The van der Waals surface area contributed by atoms with E-state index in [1.54, 1.807) is 72.8 Å². The zero-order valence-electron chi connectivity index (χ0n) is 42.2. The van der Waals surface area contributed by atoms with E-state index in [9.17, 15) is 44.1 Å². The smallest absolute Gasteiger partial charge is 0.252 e. The Kier molecular flexibility index (Phi) is 21.5. The third-order valence-electron chi connectivity index (χ3n) is 12.6. The lowest BCUT2D eigenvalue weighted by molar-refractivity contribution is -0.118. The Labute approximate surface area is 441 Å². The molecule has 0 aliphatic rings. The van der Waals surface area contributed by atoms with Crippen molar-refractivity contribution in [1.29, 1.82) is 0 Å². The number of phenolic OH excluding ortho intramolecular Hbond substituents is 3. The van der Waals surface area contributed by atoms with Crippen LogP contribution < -0.4 is 49.1 Å². The minimum absolute atomic E-state index is 0.0819. The topological polar surface area (TPSA) is 313 Å². The number of unbranched alkanes of at least 4 members (excludes halogenated alkanes) is 3. The van der Waals surface area contributed by atoms with Crippen molar-refractivity contribution < 1.29 is 44.1 Å². The van der Waals surface area contributed by atoms with Gasteiger partial charge in [-0.15, -0.1) is 0 Å². The number of nitrogens with two attached hydrogens (primary N) is 3. The van der Waals surface area contributed by atoms with Crippen LogP contribution in [0.4, 0.5) is 17.1 Å². The van der Waals surface area contributed by atoms with Crippen molar-refractivity contribution in [1.82, 2.24) is 16.0 Å². The van der Waals surface area contributed by atoms with Gasteiger partial charge in [0, 0.05) is 39.7 Å². The van der Waals surface area contributed by atoms with Crippen molar-refractivity contribution in [3.8, 4) is 17.2 Å². The van der Waals surface area contributed by atoms with Crippen LogP contribution in [-0.2, 0) is 14.4 Å². The lowest BCUT2D eigenvalue weighted by atomic mass is 9.85. The standard InChI is InChI=1S/C58H67N9O9/c59-31-4-1-16-49(65-53(71)40-10-7-13-46(68)34-40)56(74)62-43-25-19-37(20-26-43)52(38-21-27-44(28-22-38)63-57(75)50(17-2-5-32-60)66-54(72)41-11-8-14-47(69)35-41)39-23-29-45(30-24-39)64-58(76)51(18-3-6-33-61)67-55(73)42-12-9-15-48(70)36-42/h7-15,19-30,34-36,49-52,68-70H,1-6,16-18,31-33,59-61H2,(H,62,74)(H,63,75)(H,64,76)(H,65,71)(H,66,72)(H,67,73)/t49-,50-,51+/m1/s1. The fourth-order valence-electron chi connectivity index (χ4n) is 8.49. The first-order valence-corrected chi connectivity index (χ1v) is 25.4. The number of aromatic hydroxyl groups is 3. The van der Waals surface area contributed by atoms with Crippen LogP contribution in [0.2, 0.25) is 0 Å². The van der Waals surface area contributed by atoms with E-state index >= 15 is 0 Å². The average molecular weight is 1030 g/mol. The second-order valence-corrected chi connectivity index (χ2v) is 18.3. The quantitative estimate of drug-likeness (QED) is 0.0192. The Bertz CT molecular complexity index is 2590. The summed E-state index contributed by atoms with van der Waals surface area (Å²) in [5.74, 6) is -3.54. The summed E-state index contributed by atoms with van der Waals surface area (Å²) in [6.07, 6.45) is 4.66. The summed E-state index contributed by atoms with van der Waals surface area (Å²) in [7, 11) is 0. The molecule has 6 aromatic carbocycles. The van der Waals surface area contributed by atoms with Crippen molar-refractivity contribution >= 4 is 52.5 Å². The maximum Gasteiger partial charge on any atom is 0.252 e. The highest BCUT2D eigenvalue weighted by Gasteiger charge is 2.26. The highest BCUT2D eigenvalue weighted by molar-refractivity contribution is 6.03. The first kappa shape index (κ1) is 56.7. The molecule has 0 bridgehead atoms. The molecule has 6 amide bonds. The molecule has 0 saturated carbocycles. The number of amides is 6. The van der Waals surface area contributed by atoms with Gasteiger partial charge in [0.2, 0.25) is 17.7 Å². The van der Waals surface area contributed by atoms with Crippen molar-refractivity contribution in [2.45, 2.75) is 81.8 Å². The lowest BCUT2D eigenvalue weighted by Gasteiger charge is -2.22. The van der Waals surface area contributed by atoms with Crippen molar-refractivity contribution in [2.24, 2.45) is 17.2 Å². The van der Waals surface area contributed by atoms with E-state index in [1.165, 1.54) is 36.4 Å². The molecule has 18 heteroatoms. The highest BCUT2D eigenvalue weighted by atomic mass is 16.3. The first-order chi connectivity index (χ1) is 36.7. The molecule has 0 aromatic heterocycles. The molecular formula is C58H67N9O9. The highest BCUT2D eigenvalue weighted by Crippen LogP contribution is 2.34. The maximum absolute atomic E-state index is 13.8. The molecular weight excluding hydrogens is 967 g/mol. The van der Waals surface area contributed by atoms with Crippen LogP contribution in [0.25, 0.3) is 0 Å². The van der Waals surface area contributed by atoms with Crippen molar-refractivity contribution in [3.63, 3.8) is 0 Å². The number of hydrogen-bond acceptors (Lipinski definition) is 12. The van der Waals surface area contributed by atoms with Crippen LogP contribution >= 0.6 is 0 Å². The summed E-state index contributed by atoms with van der Waals surface area (Å²) >= 11 is 0. The largest absolute Gasteiger partial charge is 0.508 e. The number of rotatable bonds is 27. The minimum atomic E-state index is -0.904. The molecule has 15 N–H and O–H groups in total. The van der Waals surface area contributed by atoms with Gasteiger partial charge in [-0.05, 0) is 185 Å². The molecule has 0 unspecified atom stereocenters. The molecule has 3 atom stereocenters. The van der Waals surface area contributed by atoms with E-state index in [0.29, 0.717) is 94.5 Å². The molecule has 0 aliphatic carbocycles. The molecule has 6 aromatic rings. The van der Waals surface area contributed by atoms with Gasteiger partial charge >= 0.3 is 0 Å². The van der Waals surface area contributed by atoms with Gasteiger partial charge in [0.1, 0.15) is 35.4 Å². The molecule has 76 heavy (non-hydrogen) atoms. The van der Waals surface area contributed by atoms with E-state index in [2.05, 4.69) is 31.9 Å². The molecule has 0 spiro atoms. The Hall–Kier alpha value is -8.58. The number of nitrogens with one attached hydrogen (secondary N) is 6. The van der Waals surface area contributed by atoms with E-state index in [4.69, 9.17) is 17.2 Å². The van der Waals surface area contributed by atoms with Crippen LogP contribution in [0.5, 0.6) is 17.2 Å². The number of carbonyl (C=O) groups is 6. The molecule has 0 aliphatic heterocycles. The Balaban J connectivity index is 1.25. The first-order valence-electron chi connectivity index (χ1n) is 25.4. The van der Waals surface area contributed by atoms with E-state index < -0.39 is 59.5 Å². The predicted octanol–water partition coefficient (Wildman–Crippen LogP) is 6.58. The number of benzene rings is 6. The van der Waals surface area contributed by atoms with Crippen molar-refractivity contribution in [2.75, 3.05) is 35.6 Å². The van der Waals surface area contributed by atoms with Crippen molar-refractivity contribution in [3.05, 3.63) is 179 Å². The minimum Gasteiger partial charge on any atom is -0.508 e. The van der Waals surface area contributed by atoms with E-state index in [-0.39, 0.29) is 33.9 Å². The van der Waals surface area contributed by atoms with Gasteiger partial charge in [-0.25, -0.2) is 0 Å². The number of hydrogen-bond donors (Lipinski definition) is 12. The third kappa shape index (κ3) is 17.0. The maximum atomic E-state index is 13.8. The lowest BCUT2D eigenvalue weighted by Crippen LogP contribution is -2.43. The fourth-order valence-corrected chi connectivity index (χ4v) is 8.49. The molecule has 398 valence electrons. The Morgan fingerprint density at radius 3 is 0.868 bits per heavy atom. The molecule has 0 heterocycles.